The summed E-state index contributed by atoms with van der Waals surface area (Å²) in [6, 6.07) is 9.07. The Morgan fingerprint density at radius 3 is 2.79 bits per heavy atom. The summed E-state index contributed by atoms with van der Waals surface area (Å²) in [6.07, 6.45) is 1.69. The number of hydrogen-bond donors (Lipinski definition) is 1. The highest BCUT2D eigenvalue weighted by molar-refractivity contribution is 5.91. The Morgan fingerprint density at radius 2 is 2.08 bits per heavy atom. The van der Waals surface area contributed by atoms with Crippen molar-refractivity contribution in [3.8, 4) is 0 Å². The summed E-state index contributed by atoms with van der Waals surface area (Å²) in [4.78, 5) is 25.6. The van der Waals surface area contributed by atoms with Gasteiger partial charge in [-0.25, -0.2) is 9.78 Å². The molecule has 3 rings (SSSR count). The predicted octanol–water partition coefficient (Wildman–Crippen LogP) is 3.66. The zero-order chi connectivity index (χ0) is 17.3. The summed E-state index contributed by atoms with van der Waals surface area (Å²) < 4.78 is 1.51. The molecule has 24 heavy (non-hydrogen) atoms. The molecule has 1 aromatic carbocycles. The fraction of sp³-hybridized carbons (Fsp3) is 0.0667. The third kappa shape index (κ3) is 2.82. The van der Waals surface area contributed by atoms with Crippen molar-refractivity contribution in [2.45, 2.75) is 6.92 Å². The normalized spacial score (nSPS) is 11.2. The number of aryl methyl sites for hydroxylation is 1. The van der Waals surface area contributed by atoms with E-state index in [9.17, 15) is 20.0 Å². The Labute approximate surface area is 135 Å². The van der Waals surface area contributed by atoms with Crippen LogP contribution in [0.2, 0.25) is 0 Å². The third-order valence-corrected chi connectivity index (χ3v) is 3.24. The van der Waals surface area contributed by atoms with Crippen LogP contribution in [0.25, 0.3) is 5.65 Å². The first-order valence-corrected chi connectivity index (χ1v) is 6.84. The Hall–Kier alpha value is -3.62. The number of rotatable bonds is 4. The summed E-state index contributed by atoms with van der Waals surface area (Å²) in [5.74, 6) is -1.18. The number of imidazole rings is 1. The number of aromatic carboxylic acids is 1. The van der Waals surface area contributed by atoms with Gasteiger partial charge in [-0.15, -0.1) is 10.2 Å². The second-order valence-corrected chi connectivity index (χ2v) is 5.00. The first-order chi connectivity index (χ1) is 11.5. The van der Waals surface area contributed by atoms with Crippen molar-refractivity contribution in [1.29, 1.82) is 0 Å². The van der Waals surface area contributed by atoms with Crippen LogP contribution in [0, 0.1) is 17.0 Å². The van der Waals surface area contributed by atoms with E-state index in [0.29, 0.717) is 5.65 Å². The molecule has 2 aromatic heterocycles. The Kier molecular flexibility index (Phi) is 3.74. The molecule has 0 aliphatic carbocycles. The van der Waals surface area contributed by atoms with Gasteiger partial charge in [-0.05, 0) is 24.6 Å². The fourth-order valence-electron chi connectivity index (χ4n) is 2.15. The van der Waals surface area contributed by atoms with Crippen LogP contribution in [0.15, 0.2) is 52.8 Å². The Bertz CT molecular complexity index is 993. The smallest absolute Gasteiger partial charge is 0.358 e. The molecular formula is C15H11N5O4. The molecule has 0 fully saturated rings. The molecular weight excluding hydrogens is 314 g/mol. The maximum atomic E-state index is 11.4. The number of carbonyl (C=O) groups is 1. The third-order valence-electron chi connectivity index (χ3n) is 3.24. The van der Waals surface area contributed by atoms with E-state index in [2.05, 4.69) is 15.2 Å². The van der Waals surface area contributed by atoms with Crippen LogP contribution in [-0.4, -0.2) is 25.4 Å². The largest absolute Gasteiger partial charge is 0.476 e. The van der Waals surface area contributed by atoms with Gasteiger partial charge in [0.25, 0.3) is 5.69 Å². The second-order valence-electron chi connectivity index (χ2n) is 5.00. The topological polar surface area (TPSA) is 122 Å². The lowest BCUT2D eigenvalue weighted by Gasteiger charge is -1.98. The lowest BCUT2D eigenvalue weighted by molar-refractivity contribution is -0.384. The standard InChI is InChI=1S/C15H11N5O4/c1-9-5-6-12-16-13(15(21)22)14(19(12)8-9)18-17-10-3-2-4-11(7-10)20(23)24/h2-8H,1H3,(H,21,22). The zero-order valence-corrected chi connectivity index (χ0v) is 12.4. The number of azo groups is 1. The molecule has 0 bridgehead atoms. The number of pyridine rings is 1. The lowest BCUT2D eigenvalue weighted by Crippen LogP contribution is -1.96. The number of nitro groups is 1. The molecule has 0 spiro atoms. The van der Waals surface area contributed by atoms with Gasteiger partial charge in [0.05, 0.1) is 10.6 Å². The number of aromatic nitrogens is 2. The summed E-state index contributed by atoms with van der Waals surface area (Å²) >= 11 is 0. The van der Waals surface area contributed by atoms with Gasteiger partial charge in [-0.3, -0.25) is 14.5 Å². The molecule has 0 saturated carbocycles. The molecule has 0 amide bonds. The second kappa shape index (κ2) is 5.88. The Balaban J connectivity index is 2.10. The molecule has 9 nitrogen and oxygen atoms in total. The summed E-state index contributed by atoms with van der Waals surface area (Å²) in [5.41, 5.74) is 1.19. The molecule has 1 N–H and O–H groups in total. The number of fused-ring (bicyclic) bond motifs is 1. The summed E-state index contributed by atoms with van der Waals surface area (Å²) in [5, 5.41) is 27.9. The number of carboxylic acids is 1. The fourth-order valence-corrected chi connectivity index (χ4v) is 2.15. The number of nitro benzene ring substituents is 1. The van der Waals surface area contributed by atoms with Crippen molar-refractivity contribution < 1.29 is 14.8 Å². The quantitative estimate of drug-likeness (QED) is 0.445. The van der Waals surface area contributed by atoms with E-state index in [1.807, 2.05) is 6.92 Å². The molecule has 0 saturated heterocycles. The van der Waals surface area contributed by atoms with Crippen LogP contribution >= 0.6 is 0 Å². The van der Waals surface area contributed by atoms with E-state index in [1.54, 1.807) is 18.3 Å². The average Bonchev–Trinajstić information content (AvgIpc) is 2.91. The van der Waals surface area contributed by atoms with Gasteiger partial charge in [0.1, 0.15) is 5.65 Å². The first kappa shape index (κ1) is 15.3. The maximum absolute atomic E-state index is 11.4. The van der Waals surface area contributed by atoms with Gasteiger partial charge < -0.3 is 5.11 Å². The van der Waals surface area contributed by atoms with E-state index in [-0.39, 0.29) is 22.9 Å². The van der Waals surface area contributed by atoms with Gasteiger partial charge in [-0.2, -0.15) is 0 Å². The molecule has 9 heteroatoms. The van der Waals surface area contributed by atoms with Crippen molar-refractivity contribution >= 4 is 28.8 Å². The minimum Gasteiger partial charge on any atom is -0.476 e. The van der Waals surface area contributed by atoms with Crippen molar-refractivity contribution in [2.75, 3.05) is 0 Å². The Morgan fingerprint density at radius 1 is 1.29 bits per heavy atom. The molecule has 3 aromatic rings. The van der Waals surface area contributed by atoms with Crippen LogP contribution in [0.1, 0.15) is 16.1 Å². The SMILES string of the molecule is Cc1ccc2nc(C(=O)O)c(N=Nc3cccc([N+](=O)[O-])c3)n2c1. The van der Waals surface area contributed by atoms with Gasteiger partial charge >= 0.3 is 5.97 Å². The lowest BCUT2D eigenvalue weighted by atomic mass is 10.3. The maximum Gasteiger partial charge on any atom is 0.358 e. The number of nitrogens with zero attached hydrogens (tertiary/aromatic N) is 5. The molecule has 0 aliphatic heterocycles. The van der Waals surface area contributed by atoms with E-state index >= 15 is 0 Å². The number of benzene rings is 1. The number of non-ortho nitro benzene ring substituents is 1. The summed E-state index contributed by atoms with van der Waals surface area (Å²) in [7, 11) is 0. The highest BCUT2D eigenvalue weighted by Crippen LogP contribution is 2.26. The highest BCUT2D eigenvalue weighted by Gasteiger charge is 2.18. The van der Waals surface area contributed by atoms with Crippen LogP contribution in [-0.2, 0) is 0 Å². The molecule has 0 radical (unpaired) electrons. The number of hydrogen-bond acceptors (Lipinski definition) is 6. The van der Waals surface area contributed by atoms with Crippen LogP contribution in [0.5, 0.6) is 0 Å². The van der Waals surface area contributed by atoms with Crippen LogP contribution < -0.4 is 0 Å². The molecule has 0 aliphatic rings. The molecule has 120 valence electrons. The van der Waals surface area contributed by atoms with Crippen molar-refractivity contribution in [3.05, 3.63) is 64.0 Å². The minimum absolute atomic E-state index is 0.0488. The molecule has 2 heterocycles. The van der Waals surface area contributed by atoms with E-state index in [4.69, 9.17) is 0 Å². The average molecular weight is 325 g/mol. The van der Waals surface area contributed by atoms with Gasteiger partial charge in [0, 0.05) is 18.3 Å². The first-order valence-electron chi connectivity index (χ1n) is 6.84. The van der Waals surface area contributed by atoms with E-state index in [1.165, 1.54) is 28.7 Å². The highest BCUT2D eigenvalue weighted by atomic mass is 16.6. The van der Waals surface area contributed by atoms with Crippen molar-refractivity contribution in [2.24, 2.45) is 10.2 Å². The predicted molar refractivity (Wildman–Crippen MR) is 84.2 cm³/mol. The minimum atomic E-state index is -1.23. The van der Waals surface area contributed by atoms with Crippen LogP contribution in [0.3, 0.4) is 0 Å². The van der Waals surface area contributed by atoms with E-state index < -0.39 is 10.9 Å². The monoisotopic (exact) mass is 325 g/mol. The van der Waals surface area contributed by atoms with Crippen LogP contribution in [0.4, 0.5) is 17.2 Å². The van der Waals surface area contributed by atoms with Gasteiger partial charge in [-0.1, -0.05) is 12.1 Å². The molecule has 0 atom stereocenters. The summed E-state index contributed by atoms with van der Waals surface area (Å²) in [6.45, 7) is 1.85. The van der Waals surface area contributed by atoms with E-state index in [0.717, 1.165) is 5.56 Å². The van der Waals surface area contributed by atoms with Crippen molar-refractivity contribution in [1.82, 2.24) is 9.38 Å². The number of carboxylic acid groups (broad SMARTS) is 1. The van der Waals surface area contributed by atoms with Gasteiger partial charge in [0.15, 0.2) is 11.5 Å². The van der Waals surface area contributed by atoms with Gasteiger partial charge in [0.2, 0.25) is 0 Å². The van der Waals surface area contributed by atoms with Crippen molar-refractivity contribution in [3.63, 3.8) is 0 Å². The zero-order valence-electron chi connectivity index (χ0n) is 12.4. The molecule has 0 unspecified atom stereocenters.